The lowest BCUT2D eigenvalue weighted by molar-refractivity contribution is 0.305. The molecule has 2 rings (SSSR count). The zero-order chi connectivity index (χ0) is 10.1. The molecule has 14 heavy (non-hydrogen) atoms. The average Bonchev–Trinajstić information content (AvgIpc) is 2.69. The summed E-state index contributed by atoms with van der Waals surface area (Å²) in [6.45, 7) is 7.15. The van der Waals surface area contributed by atoms with E-state index in [2.05, 4.69) is 26.8 Å². The Hall–Kier alpha value is 0.0900. The molecule has 0 aromatic carbocycles. The van der Waals surface area contributed by atoms with Crippen LogP contribution in [-0.4, -0.2) is 11.5 Å². The minimum absolute atomic E-state index is 0.951. The van der Waals surface area contributed by atoms with Gasteiger partial charge in [-0.25, -0.2) is 0 Å². The molecule has 0 heterocycles. The van der Waals surface area contributed by atoms with Gasteiger partial charge in [-0.2, -0.15) is 11.8 Å². The smallest absolute Gasteiger partial charge is 0.0115 e. The molecule has 1 heteroatoms. The molecule has 0 aromatic rings. The van der Waals surface area contributed by atoms with Crippen molar-refractivity contribution in [3.63, 3.8) is 0 Å². The zero-order valence-electron chi connectivity index (χ0n) is 9.62. The Balaban J connectivity index is 1.95. The standard InChI is InChI=1S/C13H22S/c1-4-14-6-5-11-7-12-8-13(11)10(3)9(12)2/h5,9-10,12-13H,4,6-8H2,1-3H3/b11-5+. The molecule has 2 saturated carbocycles. The third-order valence-corrected chi connectivity index (χ3v) is 5.22. The van der Waals surface area contributed by atoms with Crippen molar-refractivity contribution in [1.29, 1.82) is 0 Å². The molecular weight excluding hydrogens is 188 g/mol. The first-order valence-electron chi connectivity index (χ1n) is 6.00. The molecule has 0 radical (unpaired) electrons. The third kappa shape index (κ3) is 1.76. The summed E-state index contributed by atoms with van der Waals surface area (Å²) in [4.78, 5) is 0. The summed E-state index contributed by atoms with van der Waals surface area (Å²) >= 11 is 2.05. The van der Waals surface area contributed by atoms with E-state index in [1.54, 1.807) is 5.57 Å². The number of fused-ring (bicyclic) bond motifs is 2. The van der Waals surface area contributed by atoms with Crippen LogP contribution in [0.4, 0.5) is 0 Å². The summed E-state index contributed by atoms with van der Waals surface area (Å²) in [6.07, 6.45) is 5.44. The summed E-state index contributed by atoms with van der Waals surface area (Å²) < 4.78 is 0. The molecule has 0 nitrogen and oxygen atoms in total. The molecule has 2 bridgehead atoms. The van der Waals surface area contributed by atoms with Crippen molar-refractivity contribution in [2.45, 2.75) is 33.6 Å². The predicted molar refractivity (Wildman–Crippen MR) is 65.6 cm³/mol. The van der Waals surface area contributed by atoms with E-state index in [0.29, 0.717) is 0 Å². The van der Waals surface area contributed by atoms with Gasteiger partial charge in [-0.1, -0.05) is 32.4 Å². The topological polar surface area (TPSA) is 0 Å². The summed E-state index contributed by atoms with van der Waals surface area (Å²) in [7, 11) is 0. The van der Waals surface area contributed by atoms with Gasteiger partial charge in [0.2, 0.25) is 0 Å². The highest BCUT2D eigenvalue weighted by molar-refractivity contribution is 7.99. The summed E-state index contributed by atoms with van der Waals surface area (Å²) in [5, 5.41) is 0. The van der Waals surface area contributed by atoms with Gasteiger partial charge in [-0.15, -0.1) is 0 Å². The SMILES string of the molecule is CCSC/C=C1\CC2CC1C(C)C2C. The van der Waals surface area contributed by atoms with Gasteiger partial charge in [0.25, 0.3) is 0 Å². The Morgan fingerprint density at radius 2 is 2.14 bits per heavy atom. The van der Waals surface area contributed by atoms with Crippen LogP contribution >= 0.6 is 11.8 Å². The first-order valence-corrected chi connectivity index (χ1v) is 7.16. The van der Waals surface area contributed by atoms with Gasteiger partial charge in [-0.3, -0.25) is 0 Å². The Kier molecular flexibility index (Phi) is 3.26. The van der Waals surface area contributed by atoms with Gasteiger partial charge in [0, 0.05) is 5.75 Å². The van der Waals surface area contributed by atoms with Crippen molar-refractivity contribution in [2.75, 3.05) is 11.5 Å². The second-order valence-corrected chi connectivity index (χ2v) is 6.28. The normalized spacial score (nSPS) is 43.8. The van der Waals surface area contributed by atoms with Crippen molar-refractivity contribution in [3.8, 4) is 0 Å². The minimum atomic E-state index is 0.951. The van der Waals surface area contributed by atoms with Gasteiger partial charge < -0.3 is 0 Å². The Morgan fingerprint density at radius 1 is 1.36 bits per heavy atom. The minimum Gasteiger partial charge on any atom is -0.158 e. The number of allylic oxidation sites excluding steroid dienone is 1. The van der Waals surface area contributed by atoms with Crippen LogP contribution in [0, 0.1) is 23.7 Å². The molecule has 0 spiro atoms. The van der Waals surface area contributed by atoms with Crippen molar-refractivity contribution in [1.82, 2.24) is 0 Å². The van der Waals surface area contributed by atoms with Crippen LogP contribution in [0.25, 0.3) is 0 Å². The van der Waals surface area contributed by atoms with Gasteiger partial charge in [0.1, 0.15) is 0 Å². The van der Waals surface area contributed by atoms with Crippen molar-refractivity contribution < 1.29 is 0 Å². The highest BCUT2D eigenvalue weighted by Gasteiger charge is 2.45. The van der Waals surface area contributed by atoms with Gasteiger partial charge in [0.05, 0.1) is 0 Å². The maximum Gasteiger partial charge on any atom is 0.0115 e. The molecule has 2 fully saturated rings. The second kappa shape index (κ2) is 4.30. The molecule has 4 unspecified atom stereocenters. The van der Waals surface area contributed by atoms with Crippen LogP contribution in [0.5, 0.6) is 0 Å². The highest BCUT2D eigenvalue weighted by atomic mass is 32.2. The number of thioether (sulfide) groups is 1. The molecule has 0 N–H and O–H groups in total. The van der Waals surface area contributed by atoms with E-state index in [1.165, 1.54) is 24.3 Å². The molecule has 0 amide bonds. The quantitative estimate of drug-likeness (QED) is 0.501. The fourth-order valence-corrected chi connectivity index (χ4v) is 3.85. The molecular formula is C13H22S. The van der Waals surface area contributed by atoms with Gasteiger partial charge >= 0.3 is 0 Å². The number of hydrogen-bond donors (Lipinski definition) is 0. The molecule has 2 aliphatic rings. The molecule has 4 atom stereocenters. The van der Waals surface area contributed by atoms with Crippen LogP contribution < -0.4 is 0 Å². The van der Waals surface area contributed by atoms with Gasteiger partial charge in [-0.05, 0) is 42.3 Å². The van der Waals surface area contributed by atoms with Crippen molar-refractivity contribution in [2.24, 2.45) is 23.7 Å². The number of rotatable bonds is 3. The molecule has 0 saturated heterocycles. The molecule has 0 aliphatic heterocycles. The van der Waals surface area contributed by atoms with E-state index < -0.39 is 0 Å². The van der Waals surface area contributed by atoms with E-state index >= 15 is 0 Å². The van der Waals surface area contributed by atoms with Crippen LogP contribution in [0.15, 0.2) is 11.6 Å². The first kappa shape index (κ1) is 10.6. The molecule has 0 aromatic heterocycles. The van der Waals surface area contributed by atoms with E-state index in [9.17, 15) is 0 Å². The Labute approximate surface area is 92.5 Å². The van der Waals surface area contributed by atoms with Crippen LogP contribution in [0.2, 0.25) is 0 Å². The Morgan fingerprint density at radius 3 is 2.71 bits per heavy atom. The van der Waals surface area contributed by atoms with Crippen LogP contribution in [0.3, 0.4) is 0 Å². The van der Waals surface area contributed by atoms with Crippen LogP contribution in [0.1, 0.15) is 33.6 Å². The van der Waals surface area contributed by atoms with Crippen molar-refractivity contribution >= 4 is 11.8 Å². The lowest BCUT2D eigenvalue weighted by Gasteiger charge is -2.27. The second-order valence-electron chi connectivity index (χ2n) is 4.96. The van der Waals surface area contributed by atoms with Crippen molar-refractivity contribution in [3.05, 3.63) is 11.6 Å². The van der Waals surface area contributed by atoms with E-state index in [-0.39, 0.29) is 0 Å². The fourth-order valence-electron chi connectivity index (χ4n) is 3.28. The highest BCUT2D eigenvalue weighted by Crippen LogP contribution is 2.54. The van der Waals surface area contributed by atoms with E-state index in [4.69, 9.17) is 0 Å². The third-order valence-electron chi connectivity index (χ3n) is 4.41. The molecule has 2 aliphatic carbocycles. The lowest BCUT2D eigenvalue weighted by atomic mass is 9.79. The summed E-state index contributed by atoms with van der Waals surface area (Å²) in [6, 6.07) is 0. The maximum absolute atomic E-state index is 2.53. The lowest BCUT2D eigenvalue weighted by Crippen LogP contribution is -2.18. The summed E-state index contributed by atoms with van der Waals surface area (Å²) in [5.41, 5.74) is 1.79. The predicted octanol–water partition coefficient (Wildman–Crippen LogP) is 3.98. The monoisotopic (exact) mass is 210 g/mol. The van der Waals surface area contributed by atoms with Crippen LogP contribution in [-0.2, 0) is 0 Å². The largest absolute Gasteiger partial charge is 0.158 e. The van der Waals surface area contributed by atoms with E-state index in [0.717, 1.165) is 23.7 Å². The number of hydrogen-bond acceptors (Lipinski definition) is 1. The fraction of sp³-hybridized carbons (Fsp3) is 0.846. The maximum atomic E-state index is 2.53. The first-order chi connectivity index (χ1) is 6.74. The Bertz CT molecular complexity index is 229. The zero-order valence-corrected chi connectivity index (χ0v) is 10.4. The summed E-state index contributed by atoms with van der Waals surface area (Å²) in [5.74, 6) is 6.41. The van der Waals surface area contributed by atoms with E-state index in [1.807, 2.05) is 11.8 Å². The van der Waals surface area contributed by atoms with Gasteiger partial charge in [0.15, 0.2) is 0 Å². The molecule has 80 valence electrons. The average molecular weight is 210 g/mol.